The molecule has 7 heteroatoms. The molecular formula is C14H17FN2O4. The maximum absolute atomic E-state index is 13.7. The van der Waals surface area contributed by atoms with Crippen LogP contribution in [-0.4, -0.2) is 41.7 Å². The SMILES string of the molecule is COc1ccc(F)c(NC(=O)N2CCC(C(=O)O)C2C)c1. The minimum absolute atomic E-state index is 0.00493. The van der Waals surface area contributed by atoms with Crippen molar-refractivity contribution in [3.8, 4) is 5.75 Å². The van der Waals surface area contributed by atoms with Gasteiger partial charge in [0.15, 0.2) is 0 Å². The number of anilines is 1. The van der Waals surface area contributed by atoms with Gasteiger partial charge in [0, 0.05) is 18.7 Å². The highest BCUT2D eigenvalue weighted by Gasteiger charge is 2.38. The van der Waals surface area contributed by atoms with E-state index in [0.717, 1.165) is 0 Å². The number of carboxylic acids is 1. The van der Waals surface area contributed by atoms with E-state index in [4.69, 9.17) is 9.84 Å². The number of carbonyl (C=O) groups excluding carboxylic acids is 1. The lowest BCUT2D eigenvalue weighted by molar-refractivity contribution is -0.142. The van der Waals surface area contributed by atoms with Gasteiger partial charge in [-0.2, -0.15) is 0 Å². The van der Waals surface area contributed by atoms with Crippen LogP contribution in [0.1, 0.15) is 13.3 Å². The molecule has 1 aromatic rings. The van der Waals surface area contributed by atoms with E-state index in [-0.39, 0.29) is 5.69 Å². The molecule has 2 atom stereocenters. The molecule has 1 aliphatic heterocycles. The summed E-state index contributed by atoms with van der Waals surface area (Å²) in [5.74, 6) is -1.67. The largest absolute Gasteiger partial charge is 0.497 e. The second-order valence-corrected chi connectivity index (χ2v) is 4.94. The van der Waals surface area contributed by atoms with Crippen LogP contribution in [0.2, 0.25) is 0 Å². The minimum atomic E-state index is -0.926. The van der Waals surface area contributed by atoms with Gasteiger partial charge in [-0.3, -0.25) is 4.79 Å². The molecule has 0 saturated carbocycles. The summed E-state index contributed by atoms with van der Waals surface area (Å²) in [4.78, 5) is 24.6. The monoisotopic (exact) mass is 296 g/mol. The van der Waals surface area contributed by atoms with Gasteiger partial charge in [-0.1, -0.05) is 0 Å². The van der Waals surface area contributed by atoms with Crippen LogP contribution in [0.15, 0.2) is 18.2 Å². The zero-order valence-corrected chi connectivity index (χ0v) is 11.8. The predicted octanol–water partition coefficient (Wildman–Crippen LogP) is 2.16. The van der Waals surface area contributed by atoms with E-state index in [9.17, 15) is 14.0 Å². The van der Waals surface area contributed by atoms with Crippen LogP contribution in [0.4, 0.5) is 14.9 Å². The molecule has 114 valence electrons. The molecule has 2 unspecified atom stereocenters. The Morgan fingerprint density at radius 2 is 2.19 bits per heavy atom. The average molecular weight is 296 g/mol. The molecule has 0 bridgehead atoms. The second-order valence-electron chi connectivity index (χ2n) is 4.94. The Bertz CT molecular complexity index is 564. The second kappa shape index (κ2) is 5.99. The van der Waals surface area contributed by atoms with E-state index in [2.05, 4.69) is 5.32 Å². The third-order valence-electron chi connectivity index (χ3n) is 3.75. The molecule has 0 aliphatic carbocycles. The van der Waals surface area contributed by atoms with Crippen LogP contribution >= 0.6 is 0 Å². The molecule has 2 rings (SSSR count). The fourth-order valence-corrected chi connectivity index (χ4v) is 2.47. The zero-order valence-electron chi connectivity index (χ0n) is 11.8. The van der Waals surface area contributed by atoms with Crippen molar-refractivity contribution in [1.82, 2.24) is 4.90 Å². The summed E-state index contributed by atoms with van der Waals surface area (Å²) >= 11 is 0. The number of hydrogen-bond donors (Lipinski definition) is 2. The van der Waals surface area contributed by atoms with E-state index in [1.165, 1.54) is 30.2 Å². The molecular weight excluding hydrogens is 279 g/mol. The lowest BCUT2D eigenvalue weighted by Crippen LogP contribution is -2.40. The van der Waals surface area contributed by atoms with Crippen LogP contribution in [-0.2, 0) is 4.79 Å². The highest BCUT2D eigenvalue weighted by molar-refractivity contribution is 5.90. The van der Waals surface area contributed by atoms with E-state index < -0.39 is 29.8 Å². The number of aliphatic carboxylic acids is 1. The van der Waals surface area contributed by atoms with Gasteiger partial charge < -0.3 is 20.1 Å². The lowest BCUT2D eigenvalue weighted by atomic mass is 10.0. The van der Waals surface area contributed by atoms with E-state index in [1.54, 1.807) is 6.92 Å². The number of likely N-dealkylation sites (tertiary alicyclic amines) is 1. The lowest BCUT2D eigenvalue weighted by Gasteiger charge is -2.23. The van der Waals surface area contributed by atoms with Crippen LogP contribution < -0.4 is 10.1 Å². The van der Waals surface area contributed by atoms with E-state index in [0.29, 0.717) is 18.7 Å². The van der Waals surface area contributed by atoms with Crippen molar-refractivity contribution >= 4 is 17.7 Å². The Morgan fingerprint density at radius 1 is 1.48 bits per heavy atom. The molecule has 1 aromatic carbocycles. The quantitative estimate of drug-likeness (QED) is 0.896. The third-order valence-corrected chi connectivity index (χ3v) is 3.75. The van der Waals surface area contributed by atoms with Gasteiger partial charge in [0.05, 0.1) is 18.7 Å². The summed E-state index contributed by atoms with van der Waals surface area (Å²) in [6.07, 6.45) is 0.393. The summed E-state index contributed by atoms with van der Waals surface area (Å²) in [7, 11) is 1.44. The first kappa shape index (κ1) is 15.1. The summed E-state index contributed by atoms with van der Waals surface area (Å²) in [6, 6.07) is 3.07. The molecule has 0 spiro atoms. The van der Waals surface area contributed by atoms with Gasteiger partial charge in [-0.05, 0) is 25.5 Å². The number of hydrogen-bond acceptors (Lipinski definition) is 3. The van der Waals surface area contributed by atoms with Crippen molar-refractivity contribution in [3.05, 3.63) is 24.0 Å². The summed E-state index contributed by atoms with van der Waals surface area (Å²) in [5.41, 5.74) is 0.00493. The Balaban J connectivity index is 2.10. The fourth-order valence-electron chi connectivity index (χ4n) is 2.47. The Morgan fingerprint density at radius 3 is 2.76 bits per heavy atom. The highest BCUT2D eigenvalue weighted by Crippen LogP contribution is 2.26. The summed E-state index contributed by atoms with van der Waals surface area (Å²) < 4.78 is 18.6. The van der Waals surface area contributed by atoms with Crippen molar-refractivity contribution in [2.45, 2.75) is 19.4 Å². The van der Waals surface area contributed by atoms with Gasteiger partial charge in [0.1, 0.15) is 11.6 Å². The molecule has 21 heavy (non-hydrogen) atoms. The van der Waals surface area contributed by atoms with Gasteiger partial charge in [0.25, 0.3) is 0 Å². The zero-order chi connectivity index (χ0) is 15.6. The first-order valence-corrected chi connectivity index (χ1v) is 6.58. The molecule has 6 nitrogen and oxygen atoms in total. The van der Waals surface area contributed by atoms with Crippen LogP contribution in [0.5, 0.6) is 5.75 Å². The van der Waals surface area contributed by atoms with Gasteiger partial charge in [0.2, 0.25) is 0 Å². The maximum Gasteiger partial charge on any atom is 0.322 e. The van der Waals surface area contributed by atoms with Crippen molar-refractivity contribution in [2.24, 2.45) is 5.92 Å². The summed E-state index contributed by atoms with van der Waals surface area (Å²) in [5, 5.41) is 11.5. The van der Waals surface area contributed by atoms with Gasteiger partial charge in [-0.15, -0.1) is 0 Å². The number of nitrogens with one attached hydrogen (secondary N) is 1. The first-order valence-electron chi connectivity index (χ1n) is 6.58. The van der Waals surface area contributed by atoms with Crippen LogP contribution in [0.25, 0.3) is 0 Å². The van der Waals surface area contributed by atoms with Crippen molar-refractivity contribution < 1.29 is 23.8 Å². The standard InChI is InChI=1S/C14H17FN2O4/c1-8-10(13(18)19)5-6-17(8)14(20)16-12-7-9(21-2)3-4-11(12)15/h3-4,7-8,10H,5-6H2,1-2H3,(H,16,20)(H,18,19). The Kier molecular flexibility index (Phi) is 4.30. The molecule has 1 aliphatic rings. The maximum atomic E-state index is 13.7. The number of nitrogens with zero attached hydrogens (tertiary/aromatic N) is 1. The minimum Gasteiger partial charge on any atom is -0.497 e. The number of amides is 2. The Labute approximate surface area is 121 Å². The van der Waals surface area contributed by atoms with Crippen molar-refractivity contribution in [3.63, 3.8) is 0 Å². The average Bonchev–Trinajstić information content (AvgIpc) is 2.83. The van der Waals surface area contributed by atoms with Crippen LogP contribution in [0.3, 0.4) is 0 Å². The molecule has 1 fully saturated rings. The molecule has 0 aromatic heterocycles. The number of ether oxygens (including phenoxy) is 1. The number of urea groups is 1. The number of methoxy groups -OCH3 is 1. The molecule has 2 amide bonds. The summed E-state index contributed by atoms with van der Waals surface area (Å²) in [6.45, 7) is 2.00. The number of carbonyl (C=O) groups is 2. The Hall–Kier alpha value is -2.31. The number of carboxylic acid groups (broad SMARTS) is 1. The van der Waals surface area contributed by atoms with E-state index >= 15 is 0 Å². The highest BCUT2D eigenvalue weighted by atomic mass is 19.1. The normalized spacial score (nSPS) is 21.2. The first-order chi connectivity index (χ1) is 9.93. The van der Waals surface area contributed by atoms with Gasteiger partial charge in [-0.25, -0.2) is 9.18 Å². The van der Waals surface area contributed by atoms with E-state index in [1.807, 2.05) is 0 Å². The topological polar surface area (TPSA) is 78.9 Å². The number of benzene rings is 1. The van der Waals surface area contributed by atoms with Crippen molar-refractivity contribution in [2.75, 3.05) is 19.0 Å². The molecule has 0 radical (unpaired) electrons. The fraction of sp³-hybridized carbons (Fsp3) is 0.429. The molecule has 2 N–H and O–H groups in total. The molecule has 1 saturated heterocycles. The van der Waals surface area contributed by atoms with Crippen molar-refractivity contribution in [1.29, 1.82) is 0 Å². The number of halogens is 1. The third kappa shape index (κ3) is 3.07. The smallest absolute Gasteiger partial charge is 0.322 e. The van der Waals surface area contributed by atoms with Crippen LogP contribution in [0, 0.1) is 11.7 Å². The molecule has 1 heterocycles. The number of rotatable bonds is 3. The van der Waals surface area contributed by atoms with Gasteiger partial charge >= 0.3 is 12.0 Å². The predicted molar refractivity (Wildman–Crippen MR) is 73.9 cm³/mol.